The third-order valence-electron chi connectivity index (χ3n) is 2.48. The summed E-state index contributed by atoms with van der Waals surface area (Å²) in [7, 11) is 0. The van der Waals surface area contributed by atoms with Crippen LogP contribution in [0.15, 0.2) is 0 Å². The second-order valence-corrected chi connectivity index (χ2v) is 5.21. The largest absolute Gasteiger partial charge is 0.396 e. The van der Waals surface area contributed by atoms with Crippen molar-refractivity contribution in [2.24, 2.45) is 5.92 Å². The van der Waals surface area contributed by atoms with Crippen molar-refractivity contribution in [1.29, 1.82) is 0 Å². The zero-order valence-electron chi connectivity index (χ0n) is 7.96. The van der Waals surface area contributed by atoms with Crippen LogP contribution >= 0.6 is 11.8 Å². The van der Waals surface area contributed by atoms with E-state index in [1.54, 1.807) is 0 Å². The van der Waals surface area contributed by atoms with E-state index in [-0.39, 0.29) is 0 Å². The van der Waals surface area contributed by atoms with Gasteiger partial charge >= 0.3 is 0 Å². The lowest BCUT2D eigenvalue weighted by Gasteiger charge is -2.22. The average molecular weight is 188 g/mol. The standard InChI is InChI=1S/C10H20OS/c1-9(7-11)8-12-10-5-3-2-4-6-10/h9-11H,2-8H2,1H3. The van der Waals surface area contributed by atoms with Crippen LogP contribution in [-0.2, 0) is 0 Å². The fourth-order valence-electron chi connectivity index (χ4n) is 1.58. The highest BCUT2D eigenvalue weighted by Gasteiger charge is 2.14. The number of aliphatic hydroxyl groups is 1. The molecule has 0 saturated heterocycles. The third kappa shape index (κ3) is 3.81. The van der Waals surface area contributed by atoms with Gasteiger partial charge in [0.2, 0.25) is 0 Å². The average Bonchev–Trinajstić information content (AvgIpc) is 2.16. The fourth-order valence-corrected chi connectivity index (χ4v) is 2.96. The molecule has 1 rings (SSSR count). The summed E-state index contributed by atoms with van der Waals surface area (Å²) >= 11 is 2.07. The smallest absolute Gasteiger partial charge is 0.0464 e. The Morgan fingerprint density at radius 3 is 2.58 bits per heavy atom. The van der Waals surface area contributed by atoms with Crippen LogP contribution in [0.4, 0.5) is 0 Å². The molecule has 1 atom stereocenters. The Balaban J connectivity index is 2.05. The van der Waals surface area contributed by atoms with Crippen LogP contribution in [0.3, 0.4) is 0 Å². The van der Waals surface area contributed by atoms with Crippen molar-refractivity contribution in [3.63, 3.8) is 0 Å². The summed E-state index contributed by atoms with van der Waals surface area (Å²) in [6, 6.07) is 0. The summed E-state index contributed by atoms with van der Waals surface area (Å²) in [5.74, 6) is 1.62. The van der Waals surface area contributed by atoms with E-state index in [1.165, 1.54) is 32.1 Å². The van der Waals surface area contributed by atoms with Crippen LogP contribution in [0.25, 0.3) is 0 Å². The van der Waals surface area contributed by atoms with E-state index in [2.05, 4.69) is 18.7 Å². The second-order valence-electron chi connectivity index (χ2n) is 3.88. The van der Waals surface area contributed by atoms with E-state index in [1.807, 2.05) is 0 Å². The Hall–Kier alpha value is 0.310. The molecule has 0 aromatic carbocycles. The summed E-state index contributed by atoms with van der Waals surface area (Å²) in [5.41, 5.74) is 0. The van der Waals surface area contributed by atoms with Gasteiger partial charge in [-0.2, -0.15) is 11.8 Å². The highest BCUT2D eigenvalue weighted by atomic mass is 32.2. The molecule has 1 fully saturated rings. The van der Waals surface area contributed by atoms with Gasteiger partial charge in [0.05, 0.1) is 0 Å². The van der Waals surface area contributed by atoms with Gasteiger partial charge in [0.25, 0.3) is 0 Å². The normalized spacial score (nSPS) is 22.5. The first-order valence-electron chi connectivity index (χ1n) is 5.05. The monoisotopic (exact) mass is 188 g/mol. The fraction of sp³-hybridized carbons (Fsp3) is 1.00. The van der Waals surface area contributed by atoms with Crippen molar-refractivity contribution in [2.75, 3.05) is 12.4 Å². The van der Waals surface area contributed by atoms with E-state index < -0.39 is 0 Å². The molecular formula is C10H20OS. The van der Waals surface area contributed by atoms with Crippen LogP contribution in [0.1, 0.15) is 39.0 Å². The van der Waals surface area contributed by atoms with Gasteiger partial charge in [-0.25, -0.2) is 0 Å². The summed E-state index contributed by atoms with van der Waals surface area (Å²) < 4.78 is 0. The molecule has 0 aromatic rings. The lowest BCUT2D eigenvalue weighted by Crippen LogP contribution is -2.12. The maximum absolute atomic E-state index is 8.85. The van der Waals surface area contributed by atoms with Crippen molar-refractivity contribution in [1.82, 2.24) is 0 Å². The highest BCUT2D eigenvalue weighted by Crippen LogP contribution is 2.29. The van der Waals surface area contributed by atoms with Gasteiger partial charge in [-0.05, 0) is 24.5 Å². The van der Waals surface area contributed by atoms with Crippen LogP contribution < -0.4 is 0 Å². The zero-order valence-corrected chi connectivity index (χ0v) is 8.78. The molecule has 0 radical (unpaired) electrons. The topological polar surface area (TPSA) is 20.2 Å². The van der Waals surface area contributed by atoms with Crippen molar-refractivity contribution >= 4 is 11.8 Å². The molecule has 12 heavy (non-hydrogen) atoms. The molecule has 1 nitrogen and oxygen atoms in total. The third-order valence-corrected chi connectivity index (χ3v) is 4.18. The first kappa shape index (κ1) is 10.4. The molecule has 0 aliphatic heterocycles. The summed E-state index contributed by atoms with van der Waals surface area (Å²) in [6.07, 6.45) is 7.09. The lowest BCUT2D eigenvalue weighted by atomic mass is 10.0. The Bertz CT molecular complexity index is 110. The minimum atomic E-state index is 0.347. The van der Waals surface area contributed by atoms with Gasteiger partial charge < -0.3 is 5.11 Å². The lowest BCUT2D eigenvalue weighted by molar-refractivity contribution is 0.250. The van der Waals surface area contributed by atoms with Crippen molar-refractivity contribution in [3.8, 4) is 0 Å². The molecule has 1 saturated carbocycles. The van der Waals surface area contributed by atoms with Crippen LogP contribution in [-0.4, -0.2) is 22.7 Å². The molecule has 0 amide bonds. The van der Waals surface area contributed by atoms with Gasteiger partial charge in [0, 0.05) is 11.9 Å². The van der Waals surface area contributed by atoms with Gasteiger partial charge in [-0.15, -0.1) is 0 Å². The molecule has 1 N–H and O–H groups in total. The number of hydrogen-bond donors (Lipinski definition) is 1. The maximum atomic E-state index is 8.85. The van der Waals surface area contributed by atoms with Crippen molar-refractivity contribution in [3.05, 3.63) is 0 Å². The summed E-state index contributed by atoms with van der Waals surface area (Å²) in [5, 5.41) is 9.75. The Morgan fingerprint density at radius 2 is 2.00 bits per heavy atom. The molecular weight excluding hydrogens is 168 g/mol. The Labute approximate surface area is 79.9 Å². The van der Waals surface area contributed by atoms with E-state index in [9.17, 15) is 0 Å². The number of hydrogen-bond acceptors (Lipinski definition) is 2. The van der Waals surface area contributed by atoms with E-state index in [4.69, 9.17) is 5.11 Å². The second kappa shape index (κ2) is 5.87. The van der Waals surface area contributed by atoms with Crippen LogP contribution in [0.5, 0.6) is 0 Å². The SMILES string of the molecule is CC(CO)CSC1CCCCC1. The van der Waals surface area contributed by atoms with Gasteiger partial charge in [-0.3, -0.25) is 0 Å². The molecule has 0 heterocycles. The molecule has 0 aromatic heterocycles. The predicted octanol–water partition coefficient (Wildman–Crippen LogP) is 2.68. The molecule has 1 unspecified atom stereocenters. The van der Waals surface area contributed by atoms with Crippen LogP contribution in [0, 0.1) is 5.92 Å². The molecule has 1 aliphatic carbocycles. The molecule has 0 bridgehead atoms. The van der Waals surface area contributed by atoms with Gasteiger partial charge in [0.1, 0.15) is 0 Å². The number of rotatable bonds is 4. The quantitative estimate of drug-likeness (QED) is 0.732. The molecule has 72 valence electrons. The number of aliphatic hydroxyl groups excluding tert-OH is 1. The summed E-state index contributed by atoms with van der Waals surface area (Å²) in [6.45, 7) is 2.47. The summed E-state index contributed by atoms with van der Waals surface area (Å²) in [4.78, 5) is 0. The zero-order chi connectivity index (χ0) is 8.81. The Morgan fingerprint density at radius 1 is 1.33 bits per heavy atom. The van der Waals surface area contributed by atoms with E-state index in [0.29, 0.717) is 12.5 Å². The van der Waals surface area contributed by atoms with Gasteiger partial charge in [-0.1, -0.05) is 26.2 Å². The van der Waals surface area contributed by atoms with E-state index in [0.717, 1.165) is 11.0 Å². The first-order chi connectivity index (χ1) is 5.83. The van der Waals surface area contributed by atoms with E-state index >= 15 is 0 Å². The minimum Gasteiger partial charge on any atom is -0.396 e. The molecule has 0 spiro atoms. The first-order valence-corrected chi connectivity index (χ1v) is 6.10. The molecule has 2 heteroatoms. The van der Waals surface area contributed by atoms with Gasteiger partial charge in [0.15, 0.2) is 0 Å². The number of thioether (sulfide) groups is 1. The molecule has 1 aliphatic rings. The van der Waals surface area contributed by atoms with Crippen molar-refractivity contribution < 1.29 is 5.11 Å². The van der Waals surface area contributed by atoms with Crippen LogP contribution in [0.2, 0.25) is 0 Å². The minimum absolute atomic E-state index is 0.347. The van der Waals surface area contributed by atoms with Crippen molar-refractivity contribution in [2.45, 2.75) is 44.3 Å². The Kier molecular flexibility index (Phi) is 5.08. The highest BCUT2D eigenvalue weighted by molar-refractivity contribution is 7.99. The maximum Gasteiger partial charge on any atom is 0.0464 e. The predicted molar refractivity (Wildman–Crippen MR) is 55.6 cm³/mol.